The predicted molar refractivity (Wildman–Crippen MR) is 68.4 cm³/mol. The summed E-state index contributed by atoms with van der Waals surface area (Å²) in [6.45, 7) is 0. The molecule has 3 N–H and O–H groups in total. The van der Waals surface area contributed by atoms with Crippen molar-refractivity contribution < 1.29 is 9.90 Å². The first kappa shape index (κ1) is 12.1. The van der Waals surface area contributed by atoms with E-state index in [9.17, 15) is 4.79 Å². The van der Waals surface area contributed by atoms with Gasteiger partial charge in [0.05, 0.1) is 0 Å². The van der Waals surface area contributed by atoms with E-state index in [2.05, 4.69) is 20.6 Å². The molecule has 0 aliphatic rings. The average Bonchev–Trinajstić information content (AvgIpc) is 2.28. The first-order valence-corrected chi connectivity index (χ1v) is 5.36. The second kappa shape index (κ2) is 5.33. The number of nitrogens with one attached hydrogen (secondary N) is 2. The van der Waals surface area contributed by atoms with Crippen LogP contribution < -0.4 is 10.6 Å². The molecule has 2 aromatic rings. The monoisotopic (exact) mass is 264 g/mol. The predicted octanol–water partition coefficient (Wildman–Crippen LogP) is 2.96. The van der Waals surface area contributed by atoms with Gasteiger partial charge in [0, 0.05) is 17.4 Å². The molecular formula is C11H9ClN4O2. The summed E-state index contributed by atoms with van der Waals surface area (Å²) in [4.78, 5) is 18.3. The summed E-state index contributed by atoms with van der Waals surface area (Å²) in [5.41, 5.74) is 1.16. The van der Waals surface area contributed by atoms with Crippen molar-refractivity contribution in [2.45, 2.75) is 0 Å². The van der Waals surface area contributed by atoms with Crippen LogP contribution in [0.2, 0.25) is 5.15 Å². The fourth-order valence-electron chi connectivity index (χ4n) is 1.35. The maximum absolute atomic E-state index is 10.5. The van der Waals surface area contributed by atoms with Crippen LogP contribution in [0.15, 0.2) is 36.7 Å². The summed E-state index contributed by atoms with van der Waals surface area (Å²) >= 11 is 5.73. The molecule has 6 nitrogen and oxygen atoms in total. The van der Waals surface area contributed by atoms with Crippen LogP contribution in [0, 0.1) is 0 Å². The van der Waals surface area contributed by atoms with Crippen molar-refractivity contribution >= 4 is 34.9 Å². The van der Waals surface area contributed by atoms with Gasteiger partial charge >= 0.3 is 6.09 Å². The number of amides is 1. The molecule has 92 valence electrons. The molecule has 0 spiro atoms. The second-order valence-corrected chi connectivity index (χ2v) is 3.75. The van der Waals surface area contributed by atoms with Crippen LogP contribution in [0.1, 0.15) is 0 Å². The van der Waals surface area contributed by atoms with E-state index in [-0.39, 0.29) is 0 Å². The highest BCUT2D eigenvalue weighted by atomic mass is 35.5. The minimum Gasteiger partial charge on any atom is -0.465 e. The molecule has 7 heteroatoms. The van der Waals surface area contributed by atoms with Gasteiger partial charge in [0.2, 0.25) is 0 Å². The molecule has 0 saturated heterocycles. The van der Waals surface area contributed by atoms with Gasteiger partial charge in [-0.1, -0.05) is 17.7 Å². The maximum atomic E-state index is 10.5. The number of carboxylic acid groups (broad SMARTS) is 1. The maximum Gasteiger partial charge on any atom is 0.409 e. The summed E-state index contributed by atoms with van der Waals surface area (Å²) < 4.78 is 0. The molecule has 1 aromatic carbocycles. The van der Waals surface area contributed by atoms with E-state index in [1.54, 1.807) is 30.3 Å². The SMILES string of the molecule is O=C(O)Nc1cccc(Nc2cc(Cl)ncn2)c1. The lowest BCUT2D eigenvalue weighted by Crippen LogP contribution is -2.07. The van der Waals surface area contributed by atoms with Crippen molar-refractivity contribution in [2.75, 3.05) is 10.6 Å². The Hall–Kier alpha value is -2.34. The number of rotatable bonds is 3. The number of anilines is 3. The van der Waals surface area contributed by atoms with Gasteiger partial charge in [0.25, 0.3) is 0 Å². The first-order chi connectivity index (χ1) is 8.63. The molecule has 0 fully saturated rings. The first-order valence-electron chi connectivity index (χ1n) is 4.98. The molecule has 2 rings (SSSR count). The van der Waals surface area contributed by atoms with Crippen molar-refractivity contribution in [2.24, 2.45) is 0 Å². The van der Waals surface area contributed by atoms with Crippen LogP contribution in [-0.2, 0) is 0 Å². The number of hydrogen-bond acceptors (Lipinski definition) is 4. The quantitative estimate of drug-likeness (QED) is 0.742. The van der Waals surface area contributed by atoms with Crippen molar-refractivity contribution in [3.05, 3.63) is 41.8 Å². The van der Waals surface area contributed by atoms with E-state index >= 15 is 0 Å². The van der Waals surface area contributed by atoms with Crippen LogP contribution in [0.25, 0.3) is 0 Å². The Morgan fingerprint density at radius 1 is 1.22 bits per heavy atom. The molecule has 0 aliphatic heterocycles. The largest absolute Gasteiger partial charge is 0.465 e. The van der Waals surface area contributed by atoms with Gasteiger partial charge in [-0.2, -0.15) is 0 Å². The summed E-state index contributed by atoms with van der Waals surface area (Å²) in [6.07, 6.45) is 0.224. The normalized spacial score (nSPS) is 9.83. The van der Waals surface area contributed by atoms with E-state index in [4.69, 9.17) is 16.7 Å². The topological polar surface area (TPSA) is 87.1 Å². The van der Waals surface area contributed by atoms with Gasteiger partial charge in [-0.15, -0.1) is 0 Å². The molecule has 0 unspecified atom stereocenters. The molecule has 1 aromatic heterocycles. The Labute approximate surface area is 108 Å². The highest BCUT2D eigenvalue weighted by Crippen LogP contribution is 2.19. The Morgan fingerprint density at radius 2 is 2.00 bits per heavy atom. The number of halogens is 1. The minimum atomic E-state index is -1.11. The number of benzene rings is 1. The van der Waals surface area contributed by atoms with Crippen molar-refractivity contribution in [1.82, 2.24) is 9.97 Å². The standard InChI is InChI=1S/C11H9ClN4O2/c12-9-5-10(14-6-13-9)15-7-2-1-3-8(4-7)16-11(17)18/h1-6,16H,(H,17,18)(H,13,14,15). The molecular weight excluding hydrogens is 256 g/mol. The van der Waals surface area contributed by atoms with E-state index in [0.717, 1.165) is 0 Å². The lowest BCUT2D eigenvalue weighted by Gasteiger charge is -2.07. The molecule has 0 atom stereocenters. The minimum absolute atomic E-state index is 0.326. The molecule has 0 bridgehead atoms. The fraction of sp³-hybridized carbons (Fsp3) is 0. The number of aromatic nitrogens is 2. The summed E-state index contributed by atoms with van der Waals surface area (Å²) in [5.74, 6) is 0.530. The lowest BCUT2D eigenvalue weighted by atomic mass is 10.3. The molecule has 0 aliphatic carbocycles. The second-order valence-electron chi connectivity index (χ2n) is 3.36. The van der Waals surface area contributed by atoms with E-state index in [1.807, 2.05) is 0 Å². The number of nitrogens with zero attached hydrogens (tertiary/aromatic N) is 2. The van der Waals surface area contributed by atoms with E-state index in [0.29, 0.717) is 22.3 Å². The molecule has 1 heterocycles. The summed E-state index contributed by atoms with van der Waals surface area (Å²) in [6, 6.07) is 8.36. The zero-order valence-electron chi connectivity index (χ0n) is 9.09. The van der Waals surface area contributed by atoms with Crippen LogP contribution >= 0.6 is 11.6 Å². The third kappa shape index (κ3) is 3.33. The van der Waals surface area contributed by atoms with E-state index in [1.165, 1.54) is 6.33 Å². The Kier molecular flexibility index (Phi) is 3.59. The number of hydrogen-bond donors (Lipinski definition) is 3. The van der Waals surface area contributed by atoms with Gasteiger partial charge in [0.15, 0.2) is 0 Å². The third-order valence-electron chi connectivity index (χ3n) is 2.02. The Bertz CT molecular complexity index is 576. The van der Waals surface area contributed by atoms with Gasteiger partial charge in [-0.05, 0) is 18.2 Å². The van der Waals surface area contributed by atoms with Gasteiger partial charge in [0.1, 0.15) is 17.3 Å². The van der Waals surface area contributed by atoms with Crippen LogP contribution in [0.3, 0.4) is 0 Å². The van der Waals surface area contributed by atoms with Crippen molar-refractivity contribution in [1.29, 1.82) is 0 Å². The van der Waals surface area contributed by atoms with Crippen LogP contribution in [0.5, 0.6) is 0 Å². The fourth-order valence-corrected chi connectivity index (χ4v) is 1.49. The average molecular weight is 265 g/mol. The Balaban J connectivity index is 2.16. The highest BCUT2D eigenvalue weighted by Gasteiger charge is 2.01. The molecule has 18 heavy (non-hydrogen) atoms. The summed E-state index contributed by atoms with van der Waals surface area (Å²) in [7, 11) is 0. The number of carbonyl (C=O) groups is 1. The van der Waals surface area contributed by atoms with Gasteiger partial charge in [-0.3, -0.25) is 5.32 Å². The smallest absolute Gasteiger partial charge is 0.409 e. The van der Waals surface area contributed by atoms with Gasteiger partial charge < -0.3 is 10.4 Å². The van der Waals surface area contributed by atoms with Gasteiger partial charge in [-0.25, -0.2) is 14.8 Å². The zero-order valence-corrected chi connectivity index (χ0v) is 9.85. The van der Waals surface area contributed by atoms with Crippen molar-refractivity contribution in [3.63, 3.8) is 0 Å². The molecule has 0 saturated carbocycles. The Morgan fingerprint density at radius 3 is 2.72 bits per heavy atom. The van der Waals surface area contributed by atoms with Crippen LogP contribution in [-0.4, -0.2) is 21.2 Å². The molecule has 1 amide bonds. The lowest BCUT2D eigenvalue weighted by molar-refractivity contribution is 0.210. The van der Waals surface area contributed by atoms with Crippen molar-refractivity contribution in [3.8, 4) is 0 Å². The highest BCUT2D eigenvalue weighted by molar-refractivity contribution is 6.29. The summed E-state index contributed by atoms with van der Waals surface area (Å²) in [5, 5.41) is 14.2. The molecule has 0 radical (unpaired) electrons. The van der Waals surface area contributed by atoms with E-state index < -0.39 is 6.09 Å². The van der Waals surface area contributed by atoms with Crippen LogP contribution in [0.4, 0.5) is 22.0 Å². The third-order valence-corrected chi connectivity index (χ3v) is 2.23. The zero-order chi connectivity index (χ0) is 13.0.